The van der Waals surface area contributed by atoms with Crippen molar-refractivity contribution in [3.63, 3.8) is 0 Å². The molecule has 0 aromatic heterocycles. The van der Waals surface area contributed by atoms with Gasteiger partial charge in [0.15, 0.2) is 0 Å². The van der Waals surface area contributed by atoms with Crippen molar-refractivity contribution in [2.45, 2.75) is 25.6 Å². The lowest BCUT2D eigenvalue weighted by atomic mass is 9.97. The summed E-state index contributed by atoms with van der Waals surface area (Å²) in [6.07, 6.45) is -4.32. The fourth-order valence-corrected chi connectivity index (χ4v) is 2.36. The van der Waals surface area contributed by atoms with Crippen LogP contribution in [0.25, 0.3) is 0 Å². The Hall–Kier alpha value is -1.39. The number of benzene rings is 1. The summed E-state index contributed by atoms with van der Waals surface area (Å²) in [5.74, 6) is 0. The third-order valence-corrected chi connectivity index (χ3v) is 2.83. The third-order valence-electron chi connectivity index (χ3n) is 2.83. The second-order valence-corrected chi connectivity index (χ2v) is 5.06. The molecule has 17 heavy (non-hydrogen) atoms. The normalized spacial score (nSPS) is 18.6. The average Bonchev–Trinajstić information content (AvgIpc) is 2.13. The van der Waals surface area contributed by atoms with Gasteiger partial charge in [-0.25, -0.2) is 0 Å². The molecule has 1 aromatic rings. The lowest BCUT2D eigenvalue weighted by Crippen LogP contribution is -2.47. The third kappa shape index (κ3) is 2.18. The van der Waals surface area contributed by atoms with Gasteiger partial charge >= 0.3 is 6.18 Å². The molecule has 0 amide bonds. The van der Waals surface area contributed by atoms with Crippen LogP contribution in [0.2, 0.25) is 0 Å². The molecular weight excluding hydrogens is 229 g/mol. The van der Waals surface area contributed by atoms with Gasteiger partial charge in [0.05, 0.1) is 16.9 Å². The smallest absolute Gasteiger partial charge is 0.377 e. The van der Waals surface area contributed by atoms with E-state index in [1.165, 1.54) is 6.07 Å². The molecule has 5 heteroatoms. The molecule has 1 heterocycles. The molecule has 1 aliphatic heterocycles. The Balaban J connectivity index is 2.56. The van der Waals surface area contributed by atoms with Crippen LogP contribution in [0.15, 0.2) is 18.2 Å². The molecule has 0 bridgehead atoms. The lowest BCUT2D eigenvalue weighted by molar-refractivity contribution is -0.137. The quantitative estimate of drug-likeness (QED) is 0.753. The fourth-order valence-electron chi connectivity index (χ4n) is 2.36. The first-order valence-electron chi connectivity index (χ1n) is 5.40. The standard InChI is InChI=1S/C12H15F3N2/c1-11(2)7-17(3)10-8(12(13,14)15)5-4-6-9(10)16-11/h4-6,16H,7H2,1-3H3. The van der Waals surface area contributed by atoms with E-state index in [1.807, 2.05) is 13.8 Å². The van der Waals surface area contributed by atoms with Crippen LogP contribution in [-0.2, 0) is 6.18 Å². The Bertz CT molecular complexity index is 438. The van der Waals surface area contributed by atoms with Gasteiger partial charge in [0.1, 0.15) is 0 Å². The molecule has 2 rings (SSSR count). The van der Waals surface area contributed by atoms with Gasteiger partial charge in [-0.3, -0.25) is 0 Å². The van der Waals surface area contributed by atoms with Gasteiger partial charge in [0.2, 0.25) is 0 Å². The first kappa shape index (κ1) is 12.1. The number of rotatable bonds is 0. The first-order valence-corrected chi connectivity index (χ1v) is 5.40. The molecule has 0 saturated carbocycles. The van der Waals surface area contributed by atoms with Crippen LogP contribution in [0.5, 0.6) is 0 Å². The van der Waals surface area contributed by atoms with E-state index in [-0.39, 0.29) is 11.2 Å². The summed E-state index contributed by atoms with van der Waals surface area (Å²) in [7, 11) is 1.69. The van der Waals surface area contributed by atoms with Crippen molar-refractivity contribution in [2.75, 3.05) is 23.8 Å². The van der Waals surface area contributed by atoms with Gasteiger partial charge in [0.25, 0.3) is 0 Å². The largest absolute Gasteiger partial charge is 0.418 e. The number of halogens is 3. The van der Waals surface area contributed by atoms with E-state index in [2.05, 4.69) is 5.32 Å². The highest BCUT2D eigenvalue weighted by Gasteiger charge is 2.38. The van der Waals surface area contributed by atoms with Crippen LogP contribution in [0.3, 0.4) is 0 Å². The Kier molecular flexibility index (Phi) is 2.52. The molecule has 0 atom stereocenters. The highest BCUT2D eigenvalue weighted by Crippen LogP contribution is 2.43. The van der Waals surface area contributed by atoms with E-state index in [4.69, 9.17) is 0 Å². The van der Waals surface area contributed by atoms with Gasteiger partial charge in [-0.1, -0.05) is 6.07 Å². The highest BCUT2D eigenvalue weighted by atomic mass is 19.4. The van der Waals surface area contributed by atoms with Crippen molar-refractivity contribution < 1.29 is 13.2 Å². The minimum atomic E-state index is -4.32. The summed E-state index contributed by atoms with van der Waals surface area (Å²) < 4.78 is 38.7. The molecule has 2 nitrogen and oxygen atoms in total. The summed E-state index contributed by atoms with van der Waals surface area (Å²) in [6, 6.07) is 4.24. The van der Waals surface area contributed by atoms with E-state index >= 15 is 0 Å². The maximum atomic E-state index is 12.9. The van der Waals surface area contributed by atoms with E-state index in [1.54, 1.807) is 18.0 Å². The van der Waals surface area contributed by atoms with Crippen LogP contribution >= 0.6 is 0 Å². The predicted molar refractivity (Wildman–Crippen MR) is 62.4 cm³/mol. The Morgan fingerprint density at radius 3 is 2.53 bits per heavy atom. The summed E-state index contributed by atoms with van der Waals surface area (Å²) in [4.78, 5) is 1.66. The number of nitrogens with zero attached hydrogens (tertiary/aromatic N) is 1. The number of hydrogen-bond donors (Lipinski definition) is 1. The van der Waals surface area contributed by atoms with Gasteiger partial charge in [-0.15, -0.1) is 0 Å². The first-order chi connectivity index (χ1) is 7.71. The predicted octanol–water partition coefficient (Wildman–Crippen LogP) is 3.35. The monoisotopic (exact) mass is 244 g/mol. The lowest BCUT2D eigenvalue weighted by Gasteiger charge is -2.41. The average molecular weight is 244 g/mol. The summed E-state index contributed by atoms with van der Waals surface area (Å²) >= 11 is 0. The molecule has 0 aliphatic carbocycles. The second kappa shape index (κ2) is 3.55. The maximum Gasteiger partial charge on any atom is 0.418 e. The Morgan fingerprint density at radius 2 is 1.94 bits per heavy atom. The van der Waals surface area contributed by atoms with Crippen molar-refractivity contribution in [2.24, 2.45) is 0 Å². The number of likely N-dealkylation sites (N-methyl/N-ethyl adjacent to an activating group) is 1. The van der Waals surface area contributed by atoms with Crippen molar-refractivity contribution in [3.8, 4) is 0 Å². The number of alkyl halides is 3. The zero-order valence-electron chi connectivity index (χ0n) is 10.0. The molecule has 1 aromatic carbocycles. The zero-order valence-corrected chi connectivity index (χ0v) is 10.0. The fraction of sp³-hybridized carbons (Fsp3) is 0.500. The van der Waals surface area contributed by atoms with E-state index in [0.717, 1.165) is 6.07 Å². The second-order valence-electron chi connectivity index (χ2n) is 5.06. The summed E-state index contributed by atoms with van der Waals surface area (Å²) in [5, 5.41) is 3.14. The topological polar surface area (TPSA) is 15.3 Å². The van der Waals surface area contributed by atoms with Crippen LogP contribution in [0.4, 0.5) is 24.5 Å². The number of para-hydroxylation sites is 1. The van der Waals surface area contributed by atoms with Crippen LogP contribution in [0, 0.1) is 0 Å². The number of hydrogen-bond acceptors (Lipinski definition) is 2. The van der Waals surface area contributed by atoms with Crippen molar-refractivity contribution in [1.29, 1.82) is 0 Å². The van der Waals surface area contributed by atoms with E-state index in [0.29, 0.717) is 12.2 Å². The number of anilines is 2. The Morgan fingerprint density at radius 1 is 1.29 bits per heavy atom. The molecular formula is C12H15F3N2. The minimum absolute atomic E-state index is 0.230. The molecule has 1 aliphatic rings. The molecule has 0 unspecified atom stereocenters. The molecule has 1 N–H and O–H groups in total. The summed E-state index contributed by atoms with van der Waals surface area (Å²) in [6.45, 7) is 4.46. The van der Waals surface area contributed by atoms with Crippen LogP contribution < -0.4 is 10.2 Å². The minimum Gasteiger partial charge on any atom is -0.377 e. The molecule has 94 valence electrons. The Labute approximate surface area is 98.4 Å². The van der Waals surface area contributed by atoms with Crippen molar-refractivity contribution in [3.05, 3.63) is 23.8 Å². The van der Waals surface area contributed by atoms with Gasteiger partial charge in [-0.05, 0) is 26.0 Å². The van der Waals surface area contributed by atoms with Crippen LogP contribution in [0.1, 0.15) is 19.4 Å². The number of nitrogens with one attached hydrogen (secondary N) is 1. The highest BCUT2D eigenvalue weighted by molar-refractivity contribution is 5.77. The molecule has 0 saturated heterocycles. The SMILES string of the molecule is CN1CC(C)(C)Nc2cccc(C(F)(F)F)c21. The van der Waals surface area contributed by atoms with E-state index < -0.39 is 11.7 Å². The van der Waals surface area contributed by atoms with Gasteiger partial charge < -0.3 is 10.2 Å². The van der Waals surface area contributed by atoms with Gasteiger partial charge in [0, 0.05) is 19.1 Å². The maximum absolute atomic E-state index is 12.9. The number of fused-ring (bicyclic) bond motifs is 1. The van der Waals surface area contributed by atoms with E-state index in [9.17, 15) is 13.2 Å². The van der Waals surface area contributed by atoms with Gasteiger partial charge in [-0.2, -0.15) is 13.2 Å². The van der Waals surface area contributed by atoms with Crippen molar-refractivity contribution >= 4 is 11.4 Å². The molecule has 0 radical (unpaired) electrons. The van der Waals surface area contributed by atoms with Crippen LogP contribution in [-0.4, -0.2) is 19.1 Å². The zero-order chi connectivity index (χ0) is 12.8. The molecule has 0 fully saturated rings. The van der Waals surface area contributed by atoms with Crippen molar-refractivity contribution in [1.82, 2.24) is 0 Å². The molecule has 0 spiro atoms. The summed E-state index contributed by atoms with van der Waals surface area (Å²) in [5.41, 5.74) is -0.0372.